The number of rotatable bonds is 7. The summed E-state index contributed by atoms with van der Waals surface area (Å²) < 4.78 is 15.4. The number of nitrogens with zero attached hydrogens (tertiary/aromatic N) is 5. The van der Waals surface area contributed by atoms with Crippen molar-refractivity contribution in [3.63, 3.8) is 0 Å². The predicted molar refractivity (Wildman–Crippen MR) is 109 cm³/mol. The van der Waals surface area contributed by atoms with E-state index < -0.39 is 0 Å². The number of aromatic nitrogens is 6. The lowest BCUT2D eigenvalue weighted by atomic mass is 10.1. The molecule has 29 heavy (non-hydrogen) atoms. The number of nitrogens with one attached hydrogen (secondary N) is 1. The summed E-state index contributed by atoms with van der Waals surface area (Å²) in [6.07, 6.45) is 3.35. The molecule has 0 saturated carbocycles. The average molecular weight is 411 g/mol. The van der Waals surface area contributed by atoms with Gasteiger partial charge in [0.2, 0.25) is 0 Å². The minimum Gasteiger partial charge on any atom is -0.327 e. The fraction of sp³-hybridized carbons (Fsp3) is 0.158. The summed E-state index contributed by atoms with van der Waals surface area (Å²) in [6, 6.07) is 12.0. The van der Waals surface area contributed by atoms with Gasteiger partial charge in [-0.2, -0.15) is 10.2 Å². The number of halogens is 1. The summed E-state index contributed by atoms with van der Waals surface area (Å²) in [5, 5.41) is 10.8. The monoisotopic (exact) mass is 411 g/mol. The van der Waals surface area contributed by atoms with Gasteiger partial charge in [-0.15, -0.1) is 11.3 Å². The Morgan fingerprint density at radius 3 is 2.90 bits per heavy atom. The first-order valence-electron chi connectivity index (χ1n) is 8.83. The topological polar surface area (TPSA) is 107 Å². The van der Waals surface area contributed by atoms with Gasteiger partial charge in [0.05, 0.1) is 19.4 Å². The third-order valence-electron chi connectivity index (χ3n) is 4.39. The molecule has 0 amide bonds. The molecule has 3 N–H and O–H groups in total. The van der Waals surface area contributed by atoms with Crippen LogP contribution in [0.1, 0.15) is 4.88 Å². The molecule has 0 unspecified atom stereocenters. The molecule has 0 aliphatic carbocycles. The van der Waals surface area contributed by atoms with Gasteiger partial charge in [-0.3, -0.25) is 9.67 Å². The molecule has 0 atom stereocenters. The van der Waals surface area contributed by atoms with Crippen LogP contribution in [0.25, 0.3) is 21.8 Å². The first kappa shape index (κ1) is 19.0. The van der Waals surface area contributed by atoms with E-state index in [1.807, 2.05) is 36.4 Å². The van der Waals surface area contributed by atoms with E-state index in [9.17, 15) is 9.18 Å². The van der Waals surface area contributed by atoms with E-state index in [1.54, 1.807) is 11.3 Å². The molecule has 0 radical (unpaired) electrons. The van der Waals surface area contributed by atoms with E-state index in [4.69, 9.17) is 5.73 Å². The van der Waals surface area contributed by atoms with Gasteiger partial charge in [-0.25, -0.2) is 18.9 Å². The molecule has 4 aromatic rings. The fourth-order valence-electron chi connectivity index (χ4n) is 2.87. The zero-order valence-corrected chi connectivity index (χ0v) is 16.1. The highest BCUT2D eigenvalue weighted by Crippen LogP contribution is 2.30. The second-order valence-corrected chi connectivity index (χ2v) is 7.52. The number of hydrogen-bond donors (Lipinski definition) is 2. The van der Waals surface area contributed by atoms with E-state index in [2.05, 4.69) is 20.3 Å². The Morgan fingerprint density at radius 1 is 1.28 bits per heavy atom. The lowest BCUT2D eigenvalue weighted by Crippen LogP contribution is -2.26. The van der Waals surface area contributed by atoms with E-state index in [-0.39, 0.29) is 18.8 Å². The molecular weight excluding hydrogens is 393 g/mol. The van der Waals surface area contributed by atoms with Crippen LogP contribution in [-0.4, -0.2) is 36.1 Å². The minimum absolute atomic E-state index is 0.0389. The Bertz CT molecular complexity index is 1190. The zero-order valence-electron chi connectivity index (χ0n) is 15.3. The van der Waals surface area contributed by atoms with Crippen molar-refractivity contribution in [1.82, 2.24) is 29.5 Å². The maximum absolute atomic E-state index is 12.7. The average Bonchev–Trinajstić information content (AvgIpc) is 3.50. The van der Waals surface area contributed by atoms with Crippen LogP contribution in [0.4, 0.5) is 4.39 Å². The Morgan fingerprint density at radius 2 is 2.14 bits per heavy atom. The largest absolute Gasteiger partial charge is 0.346 e. The highest BCUT2D eigenvalue weighted by atomic mass is 32.1. The van der Waals surface area contributed by atoms with Crippen LogP contribution in [0.5, 0.6) is 0 Å². The smallest absolute Gasteiger partial charge is 0.327 e. The Balaban J connectivity index is 1.53. The predicted octanol–water partition coefficient (Wildman–Crippen LogP) is 2.42. The van der Waals surface area contributed by atoms with Gasteiger partial charge in [-0.1, -0.05) is 18.2 Å². The summed E-state index contributed by atoms with van der Waals surface area (Å²) in [4.78, 5) is 18.7. The van der Waals surface area contributed by atoms with Gasteiger partial charge in [0.15, 0.2) is 5.82 Å². The molecule has 3 aromatic heterocycles. The van der Waals surface area contributed by atoms with Crippen molar-refractivity contribution in [1.29, 1.82) is 0 Å². The van der Waals surface area contributed by atoms with Crippen molar-refractivity contribution in [3.8, 4) is 21.8 Å². The van der Waals surface area contributed by atoms with E-state index in [0.717, 1.165) is 20.9 Å². The highest BCUT2D eigenvalue weighted by molar-refractivity contribution is 7.15. The quantitative estimate of drug-likeness (QED) is 0.486. The fourth-order valence-corrected chi connectivity index (χ4v) is 3.88. The van der Waals surface area contributed by atoms with Crippen LogP contribution < -0.4 is 11.4 Å². The summed E-state index contributed by atoms with van der Waals surface area (Å²) in [7, 11) is 0. The molecule has 8 nitrogen and oxygen atoms in total. The second kappa shape index (κ2) is 8.33. The minimum atomic E-state index is -0.305. The standard InChI is InChI=1S/C19H18FN7OS/c20-7-13(8-21)9-27-19(28)26(12-24-27)10-16-4-5-17(29-16)14-2-1-3-15(6-14)18-22-11-23-25-18/h1-7,11-12H,8-10,21H2,(H,22,23,25)/b13-7+. The first-order valence-corrected chi connectivity index (χ1v) is 9.65. The van der Waals surface area contributed by atoms with E-state index in [0.29, 0.717) is 24.3 Å². The maximum Gasteiger partial charge on any atom is 0.346 e. The molecule has 0 fully saturated rings. The third-order valence-corrected chi connectivity index (χ3v) is 5.51. The second-order valence-electron chi connectivity index (χ2n) is 6.35. The van der Waals surface area contributed by atoms with Crippen LogP contribution in [0.3, 0.4) is 0 Å². The summed E-state index contributed by atoms with van der Waals surface area (Å²) in [6.45, 7) is 0.475. The first-order chi connectivity index (χ1) is 14.2. The number of thiophene rings is 1. The van der Waals surface area contributed by atoms with Crippen molar-refractivity contribution >= 4 is 11.3 Å². The molecule has 0 aliphatic heterocycles. The lowest BCUT2D eigenvalue weighted by molar-refractivity contribution is 0.604. The summed E-state index contributed by atoms with van der Waals surface area (Å²) >= 11 is 1.59. The van der Waals surface area contributed by atoms with Gasteiger partial charge < -0.3 is 5.73 Å². The van der Waals surface area contributed by atoms with Crippen LogP contribution >= 0.6 is 11.3 Å². The maximum atomic E-state index is 12.7. The molecule has 10 heteroatoms. The molecule has 0 spiro atoms. The third kappa shape index (κ3) is 4.08. The van der Waals surface area contributed by atoms with E-state index >= 15 is 0 Å². The van der Waals surface area contributed by atoms with Crippen molar-refractivity contribution in [2.45, 2.75) is 13.1 Å². The van der Waals surface area contributed by atoms with Crippen LogP contribution in [0.15, 0.2) is 65.8 Å². The van der Waals surface area contributed by atoms with Gasteiger partial charge in [0, 0.05) is 21.9 Å². The number of benzene rings is 1. The number of hydrogen-bond acceptors (Lipinski definition) is 6. The van der Waals surface area contributed by atoms with E-state index in [1.165, 1.54) is 21.9 Å². The molecule has 4 rings (SSSR count). The normalized spacial score (nSPS) is 11.9. The Kier molecular flexibility index (Phi) is 5.45. The highest BCUT2D eigenvalue weighted by Gasteiger charge is 2.10. The number of nitrogens with two attached hydrogens (primary N) is 1. The van der Waals surface area contributed by atoms with Crippen molar-refractivity contribution in [3.05, 3.63) is 76.3 Å². The van der Waals surface area contributed by atoms with Gasteiger partial charge in [-0.05, 0) is 29.3 Å². The summed E-state index contributed by atoms with van der Waals surface area (Å²) in [5.41, 5.74) is 7.45. The molecule has 0 bridgehead atoms. The molecular formula is C19H18FN7OS. The summed E-state index contributed by atoms with van der Waals surface area (Å²) in [5.74, 6) is 0.710. The molecule has 1 aromatic carbocycles. The molecule has 0 aliphatic rings. The molecule has 3 heterocycles. The zero-order chi connectivity index (χ0) is 20.2. The number of H-pyrrole nitrogens is 1. The Labute approximate surface area is 169 Å². The van der Waals surface area contributed by atoms with Gasteiger partial charge in [0.25, 0.3) is 0 Å². The lowest BCUT2D eigenvalue weighted by Gasteiger charge is -2.02. The Hall–Kier alpha value is -3.37. The molecule has 0 saturated heterocycles. The van der Waals surface area contributed by atoms with Crippen molar-refractivity contribution in [2.75, 3.05) is 6.54 Å². The van der Waals surface area contributed by atoms with Crippen LogP contribution in [0, 0.1) is 0 Å². The SMILES string of the molecule is NC/C(=C\F)Cn1ncn(Cc2ccc(-c3cccc(-c4ncn[nH]4)c3)s2)c1=O. The van der Waals surface area contributed by atoms with Crippen LogP contribution in [-0.2, 0) is 13.1 Å². The van der Waals surface area contributed by atoms with Crippen molar-refractivity contribution in [2.24, 2.45) is 5.73 Å². The molecule has 148 valence electrons. The van der Waals surface area contributed by atoms with Crippen molar-refractivity contribution < 1.29 is 4.39 Å². The van der Waals surface area contributed by atoms with Gasteiger partial charge in [0.1, 0.15) is 12.7 Å². The number of aromatic amines is 1. The van der Waals surface area contributed by atoms with Gasteiger partial charge >= 0.3 is 5.69 Å². The van der Waals surface area contributed by atoms with Crippen LogP contribution in [0.2, 0.25) is 0 Å².